The minimum absolute atomic E-state index is 0.313. The zero-order chi connectivity index (χ0) is 19.2. The molecule has 0 atom stereocenters. The number of methoxy groups -OCH3 is 2. The van der Waals surface area contributed by atoms with Crippen molar-refractivity contribution in [3.05, 3.63) is 35.4 Å². The second kappa shape index (κ2) is 13.1. The van der Waals surface area contributed by atoms with Crippen LogP contribution in [-0.4, -0.2) is 77.9 Å². The standard InChI is InChI=1S/C19H32N4O3/c1-20-19(22-12-14-23(2)13-5-15-25-3)21-11-10-16-6-8-17(9-7-16)18(24)26-4/h6-9H,5,10-15H2,1-4H3,(H2,20,21,22). The second-order valence-electron chi connectivity index (χ2n) is 6.01. The predicted octanol–water partition coefficient (Wildman–Crippen LogP) is 1.15. The molecule has 146 valence electrons. The largest absolute Gasteiger partial charge is 0.465 e. The van der Waals surface area contributed by atoms with Crippen molar-refractivity contribution >= 4 is 11.9 Å². The molecule has 0 fully saturated rings. The van der Waals surface area contributed by atoms with E-state index in [0.29, 0.717) is 5.56 Å². The molecule has 0 amide bonds. The topological polar surface area (TPSA) is 75.2 Å². The first-order valence-electron chi connectivity index (χ1n) is 8.90. The Bertz CT molecular complexity index is 546. The number of nitrogens with one attached hydrogen (secondary N) is 2. The molecule has 1 aromatic carbocycles. The van der Waals surface area contributed by atoms with Crippen molar-refractivity contribution in [3.63, 3.8) is 0 Å². The van der Waals surface area contributed by atoms with Gasteiger partial charge in [0.15, 0.2) is 5.96 Å². The van der Waals surface area contributed by atoms with Gasteiger partial charge in [-0.15, -0.1) is 0 Å². The first-order chi connectivity index (χ1) is 12.6. The number of rotatable bonds is 11. The van der Waals surface area contributed by atoms with Crippen molar-refractivity contribution in [2.45, 2.75) is 12.8 Å². The fourth-order valence-electron chi connectivity index (χ4n) is 2.43. The van der Waals surface area contributed by atoms with Crippen molar-refractivity contribution in [2.24, 2.45) is 4.99 Å². The molecule has 0 bridgehead atoms. The van der Waals surface area contributed by atoms with Gasteiger partial charge in [0.2, 0.25) is 0 Å². The number of benzene rings is 1. The van der Waals surface area contributed by atoms with Crippen molar-refractivity contribution < 1.29 is 14.3 Å². The fraction of sp³-hybridized carbons (Fsp3) is 0.579. The average molecular weight is 364 g/mol. The zero-order valence-electron chi connectivity index (χ0n) is 16.4. The van der Waals surface area contributed by atoms with Crippen LogP contribution in [0.3, 0.4) is 0 Å². The molecular weight excluding hydrogens is 332 g/mol. The number of esters is 1. The summed E-state index contributed by atoms with van der Waals surface area (Å²) in [6.45, 7) is 4.35. The van der Waals surface area contributed by atoms with Crippen LogP contribution in [0.1, 0.15) is 22.3 Å². The summed E-state index contributed by atoms with van der Waals surface area (Å²) in [5.41, 5.74) is 1.72. The van der Waals surface area contributed by atoms with Gasteiger partial charge in [-0.2, -0.15) is 0 Å². The van der Waals surface area contributed by atoms with E-state index in [9.17, 15) is 4.79 Å². The van der Waals surface area contributed by atoms with E-state index in [4.69, 9.17) is 9.47 Å². The molecule has 26 heavy (non-hydrogen) atoms. The average Bonchev–Trinajstić information content (AvgIpc) is 2.66. The Hall–Kier alpha value is -2.12. The highest BCUT2D eigenvalue weighted by Crippen LogP contribution is 2.06. The molecule has 0 aliphatic carbocycles. The Balaban J connectivity index is 2.24. The maximum Gasteiger partial charge on any atom is 0.337 e. The van der Waals surface area contributed by atoms with Crippen molar-refractivity contribution in [1.29, 1.82) is 0 Å². The van der Waals surface area contributed by atoms with E-state index in [2.05, 4.69) is 27.6 Å². The highest BCUT2D eigenvalue weighted by Gasteiger charge is 2.04. The zero-order valence-corrected chi connectivity index (χ0v) is 16.4. The number of nitrogens with zero attached hydrogens (tertiary/aromatic N) is 2. The highest BCUT2D eigenvalue weighted by atomic mass is 16.5. The summed E-state index contributed by atoms with van der Waals surface area (Å²) in [6.07, 6.45) is 1.88. The van der Waals surface area contributed by atoms with Gasteiger partial charge < -0.3 is 25.0 Å². The summed E-state index contributed by atoms with van der Waals surface area (Å²) in [5.74, 6) is 0.480. The van der Waals surface area contributed by atoms with E-state index >= 15 is 0 Å². The number of hydrogen-bond donors (Lipinski definition) is 2. The highest BCUT2D eigenvalue weighted by molar-refractivity contribution is 5.89. The maximum atomic E-state index is 11.4. The molecule has 0 aliphatic heterocycles. The minimum atomic E-state index is -0.313. The summed E-state index contributed by atoms with van der Waals surface area (Å²) >= 11 is 0. The van der Waals surface area contributed by atoms with E-state index in [0.717, 1.165) is 57.2 Å². The lowest BCUT2D eigenvalue weighted by Gasteiger charge is -2.18. The summed E-state index contributed by atoms with van der Waals surface area (Å²) in [5, 5.41) is 6.61. The Labute approximate surface area is 156 Å². The van der Waals surface area contributed by atoms with E-state index < -0.39 is 0 Å². The smallest absolute Gasteiger partial charge is 0.337 e. The number of likely N-dealkylation sites (N-methyl/N-ethyl adjacent to an activating group) is 1. The van der Waals surface area contributed by atoms with Crippen molar-refractivity contribution in [3.8, 4) is 0 Å². The van der Waals surface area contributed by atoms with Gasteiger partial charge in [0, 0.05) is 46.9 Å². The number of aliphatic imine (C=N–C) groups is 1. The molecule has 0 spiro atoms. The van der Waals surface area contributed by atoms with Crippen LogP contribution in [-0.2, 0) is 15.9 Å². The van der Waals surface area contributed by atoms with Gasteiger partial charge in [-0.3, -0.25) is 4.99 Å². The van der Waals surface area contributed by atoms with E-state index in [1.807, 2.05) is 12.1 Å². The maximum absolute atomic E-state index is 11.4. The van der Waals surface area contributed by atoms with Crippen LogP contribution in [0, 0.1) is 0 Å². The van der Waals surface area contributed by atoms with Crippen LogP contribution in [0.15, 0.2) is 29.3 Å². The monoisotopic (exact) mass is 364 g/mol. The van der Waals surface area contributed by atoms with Gasteiger partial charge in [0.25, 0.3) is 0 Å². The third kappa shape index (κ3) is 8.82. The van der Waals surface area contributed by atoms with Gasteiger partial charge in [-0.1, -0.05) is 12.1 Å². The Morgan fingerprint density at radius 2 is 1.81 bits per heavy atom. The van der Waals surface area contributed by atoms with Crippen molar-refractivity contribution in [2.75, 3.05) is 61.1 Å². The molecule has 1 rings (SSSR count). The normalized spacial score (nSPS) is 11.5. The molecule has 0 aliphatic rings. The lowest BCUT2D eigenvalue weighted by molar-refractivity contribution is 0.0600. The third-order valence-corrected chi connectivity index (χ3v) is 3.98. The quantitative estimate of drug-likeness (QED) is 0.266. The number of carbonyl (C=O) groups excluding carboxylic acids is 1. The first kappa shape index (κ1) is 21.9. The van der Waals surface area contributed by atoms with Crippen LogP contribution in [0.2, 0.25) is 0 Å². The molecule has 0 unspecified atom stereocenters. The van der Waals surface area contributed by atoms with E-state index in [-0.39, 0.29) is 5.97 Å². The molecule has 7 nitrogen and oxygen atoms in total. The lowest BCUT2D eigenvalue weighted by atomic mass is 10.1. The van der Waals surface area contributed by atoms with Crippen LogP contribution >= 0.6 is 0 Å². The summed E-state index contributed by atoms with van der Waals surface area (Å²) in [7, 11) is 6.98. The van der Waals surface area contributed by atoms with Gasteiger partial charge in [0.1, 0.15) is 0 Å². The van der Waals surface area contributed by atoms with Crippen LogP contribution < -0.4 is 10.6 Å². The second-order valence-corrected chi connectivity index (χ2v) is 6.01. The van der Waals surface area contributed by atoms with E-state index in [1.54, 1.807) is 26.3 Å². The Morgan fingerprint density at radius 3 is 2.42 bits per heavy atom. The fourth-order valence-corrected chi connectivity index (χ4v) is 2.43. The Morgan fingerprint density at radius 1 is 1.12 bits per heavy atom. The number of guanidine groups is 1. The van der Waals surface area contributed by atoms with Crippen LogP contribution in [0.4, 0.5) is 0 Å². The molecule has 0 saturated carbocycles. The van der Waals surface area contributed by atoms with Gasteiger partial charge in [-0.25, -0.2) is 4.79 Å². The van der Waals surface area contributed by atoms with Gasteiger partial charge in [-0.05, 0) is 37.6 Å². The summed E-state index contributed by atoms with van der Waals surface area (Å²) in [4.78, 5) is 17.9. The number of ether oxygens (including phenoxy) is 2. The molecule has 0 radical (unpaired) electrons. The molecule has 0 saturated heterocycles. The SMILES string of the molecule is CN=C(NCCc1ccc(C(=O)OC)cc1)NCCN(C)CCCOC. The van der Waals surface area contributed by atoms with Crippen LogP contribution in [0.25, 0.3) is 0 Å². The first-order valence-corrected chi connectivity index (χ1v) is 8.90. The van der Waals surface area contributed by atoms with Crippen molar-refractivity contribution in [1.82, 2.24) is 15.5 Å². The molecular formula is C19H32N4O3. The number of hydrogen-bond acceptors (Lipinski definition) is 5. The van der Waals surface area contributed by atoms with Gasteiger partial charge >= 0.3 is 5.97 Å². The van der Waals surface area contributed by atoms with Crippen LogP contribution in [0.5, 0.6) is 0 Å². The number of carbonyl (C=O) groups is 1. The summed E-state index contributed by atoms with van der Waals surface area (Å²) in [6, 6.07) is 7.46. The van der Waals surface area contributed by atoms with Gasteiger partial charge in [0.05, 0.1) is 12.7 Å². The molecule has 7 heteroatoms. The molecule has 0 aromatic heterocycles. The lowest BCUT2D eigenvalue weighted by Crippen LogP contribution is -2.41. The predicted molar refractivity (Wildman–Crippen MR) is 105 cm³/mol. The van der Waals surface area contributed by atoms with E-state index in [1.165, 1.54) is 7.11 Å². The molecule has 0 heterocycles. The third-order valence-electron chi connectivity index (χ3n) is 3.98. The molecule has 1 aromatic rings. The Kier molecular flexibility index (Phi) is 11.1. The minimum Gasteiger partial charge on any atom is -0.465 e. The summed E-state index contributed by atoms with van der Waals surface area (Å²) < 4.78 is 9.76. The molecule has 2 N–H and O–H groups in total.